The van der Waals surface area contributed by atoms with Crippen molar-refractivity contribution in [2.45, 2.75) is 26.4 Å². The van der Waals surface area contributed by atoms with Gasteiger partial charge in [0.2, 0.25) is 0 Å². The number of amides is 2. The standard InChI is InChI=1S/C31H29N5O2/c1-21-14-16-24(17-15-21)32-31(37)35-20-27-22(2)33-36(25-10-5-4-6-11-25)30(27)34-18-8-13-28(34)29(35)23-9-7-12-26(19-23)38-3/h4-19,29H,20H2,1-3H3,(H,32,37). The zero-order valence-corrected chi connectivity index (χ0v) is 21.6. The maximum atomic E-state index is 14.0. The molecule has 1 aliphatic heterocycles. The van der Waals surface area contributed by atoms with Gasteiger partial charge in [-0.1, -0.05) is 48.0 Å². The number of fused-ring (bicyclic) bond motifs is 3. The highest BCUT2D eigenvalue weighted by Crippen LogP contribution is 2.39. The van der Waals surface area contributed by atoms with Crippen molar-refractivity contribution >= 4 is 11.7 Å². The zero-order chi connectivity index (χ0) is 26.2. The summed E-state index contributed by atoms with van der Waals surface area (Å²) in [5, 5.41) is 8.04. The third-order valence-electron chi connectivity index (χ3n) is 7.06. The molecule has 6 rings (SSSR count). The smallest absolute Gasteiger partial charge is 0.322 e. The van der Waals surface area contributed by atoms with Gasteiger partial charge in [0.05, 0.1) is 36.8 Å². The summed E-state index contributed by atoms with van der Waals surface area (Å²) >= 11 is 0. The van der Waals surface area contributed by atoms with Gasteiger partial charge < -0.3 is 19.5 Å². The number of aromatic nitrogens is 3. The van der Waals surface area contributed by atoms with E-state index in [1.165, 1.54) is 0 Å². The van der Waals surface area contributed by atoms with Crippen molar-refractivity contribution in [1.82, 2.24) is 19.2 Å². The van der Waals surface area contributed by atoms with Gasteiger partial charge in [-0.2, -0.15) is 5.10 Å². The maximum absolute atomic E-state index is 14.0. The number of nitrogens with one attached hydrogen (secondary N) is 1. The van der Waals surface area contributed by atoms with Crippen LogP contribution in [0.4, 0.5) is 10.5 Å². The summed E-state index contributed by atoms with van der Waals surface area (Å²) in [4.78, 5) is 15.9. The fraction of sp³-hybridized carbons (Fsp3) is 0.161. The molecule has 0 spiro atoms. The lowest BCUT2D eigenvalue weighted by molar-refractivity contribution is 0.194. The molecule has 1 aliphatic rings. The molecule has 2 amide bonds. The molecule has 7 nitrogen and oxygen atoms in total. The Morgan fingerprint density at radius 2 is 1.74 bits per heavy atom. The Morgan fingerprint density at radius 1 is 0.947 bits per heavy atom. The number of benzene rings is 3. The van der Waals surface area contributed by atoms with Gasteiger partial charge in [0.25, 0.3) is 0 Å². The monoisotopic (exact) mass is 503 g/mol. The number of methoxy groups -OCH3 is 1. The molecular formula is C31H29N5O2. The molecule has 1 N–H and O–H groups in total. The second kappa shape index (κ2) is 9.59. The lowest BCUT2D eigenvalue weighted by atomic mass is 10.0. The van der Waals surface area contributed by atoms with Gasteiger partial charge >= 0.3 is 6.03 Å². The number of hydrogen-bond donors (Lipinski definition) is 1. The molecule has 1 unspecified atom stereocenters. The minimum atomic E-state index is -0.360. The lowest BCUT2D eigenvalue weighted by Gasteiger charge is -2.31. The van der Waals surface area contributed by atoms with E-state index in [0.717, 1.165) is 51.0 Å². The van der Waals surface area contributed by atoms with E-state index in [1.807, 2.05) is 115 Å². The molecule has 3 aromatic carbocycles. The molecule has 1 atom stereocenters. The largest absolute Gasteiger partial charge is 0.497 e. The molecule has 5 aromatic rings. The van der Waals surface area contributed by atoms with Crippen LogP contribution in [0.3, 0.4) is 0 Å². The zero-order valence-electron chi connectivity index (χ0n) is 21.6. The fourth-order valence-corrected chi connectivity index (χ4v) is 5.14. The molecule has 190 valence electrons. The minimum absolute atomic E-state index is 0.186. The van der Waals surface area contributed by atoms with Crippen LogP contribution in [0.1, 0.15) is 34.1 Å². The Labute approximate surface area is 221 Å². The number of hydrogen-bond acceptors (Lipinski definition) is 3. The van der Waals surface area contributed by atoms with Gasteiger partial charge in [-0.15, -0.1) is 0 Å². The Balaban J connectivity index is 1.53. The van der Waals surface area contributed by atoms with Gasteiger partial charge in [-0.3, -0.25) is 0 Å². The minimum Gasteiger partial charge on any atom is -0.497 e. The number of nitrogens with zero attached hydrogens (tertiary/aromatic N) is 4. The highest BCUT2D eigenvalue weighted by Gasteiger charge is 2.36. The highest BCUT2D eigenvalue weighted by atomic mass is 16.5. The topological polar surface area (TPSA) is 64.3 Å². The Hall–Kier alpha value is -4.78. The normalized spacial score (nSPS) is 14.4. The molecule has 0 saturated heterocycles. The van der Waals surface area contributed by atoms with E-state index in [1.54, 1.807) is 7.11 Å². The molecule has 0 bridgehead atoms. The molecule has 2 aromatic heterocycles. The third-order valence-corrected chi connectivity index (χ3v) is 7.06. The highest BCUT2D eigenvalue weighted by molar-refractivity contribution is 5.90. The molecular weight excluding hydrogens is 474 g/mol. The second-order valence-electron chi connectivity index (χ2n) is 9.54. The van der Waals surface area contributed by atoms with Crippen LogP contribution in [0.25, 0.3) is 11.5 Å². The molecule has 3 heterocycles. The summed E-state index contributed by atoms with van der Waals surface area (Å²) in [6.45, 7) is 4.42. The Kier molecular flexibility index (Phi) is 5.96. The van der Waals surface area contributed by atoms with Crippen LogP contribution in [0.15, 0.2) is 97.2 Å². The van der Waals surface area contributed by atoms with Crippen LogP contribution in [-0.2, 0) is 6.54 Å². The first kappa shape index (κ1) is 23.6. The maximum Gasteiger partial charge on any atom is 0.322 e. The summed E-state index contributed by atoms with van der Waals surface area (Å²) in [5.41, 5.74) is 6.66. The Morgan fingerprint density at radius 3 is 2.50 bits per heavy atom. The SMILES string of the molecule is COc1cccc(C2c3cccn3-c3c(c(C)nn3-c3ccccc3)CN2C(=O)Nc2ccc(C)cc2)c1. The predicted molar refractivity (Wildman–Crippen MR) is 148 cm³/mol. The average molecular weight is 504 g/mol. The van der Waals surface area contributed by atoms with Crippen molar-refractivity contribution in [3.63, 3.8) is 0 Å². The Bertz CT molecular complexity index is 1600. The van der Waals surface area contributed by atoms with E-state index in [0.29, 0.717) is 6.54 Å². The van der Waals surface area contributed by atoms with E-state index in [4.69, 9.17) is 9.84 Å². The van der Waals surface area contributed by atoms with Crippen molar-refractivity contribution in [2.24, 2.45) is 0 Å². The number of carbonyl (C=O) groups excluding carboxylic acids is 1. The van der Waals surface area contributed by atoms with Crippen LogP contribution >= 0.6 is 0 Å². The molecule has 0 radical (unpaired) electrons. The number of rotatable bonds is 4. The van der Waals surface area contributed by atoms with Crippen LogP contribution in [0, 0.1) is 13.8 Å². The fourth-order valence-electron chi connectivity index (χ4n) is 5.14. The van der Waals surface area contributed by atoms with Gasteiger partial charge in [-0.25, -0.2) is 9.48 Å². The van der Waals surface area contributed by atoms with Crippen molar-refractivity contribution in [2.75, 3.05) is 12.4 Å². The summed E-state index contributed by atoms with van der Waals surface area (Å²) in [6, 6.07) is 29.4. The van der Waals surface area contributed by atoms with E-state index in [2.05, 4.69) is 16.0 Å². The number of aryl methyl sites for hydroxylation is 2. The number of urea groups is 1. The molecule has 7 heteroatoms. The van der Waals surface area contributed by atoms with Crippen molar-refractivity contribution in [3.05, 3.63) is 125 Å². The quantitative estimate of drug-likeness (QED) is 0.308. The molecule has 0 saturated carbocycles. The molecule has 0 fully saturated rings. The van der Waals surface area contributed by atoms with Crippen LogP contribution in [0.2, 0.25) is 0 Å². The number of anilines is 1. The van der Waals surface area contributed by atoms with E-state index < -0.39 is 0 Å². The van der Waals surface area contributed by atoms with Gasteiger partial charge in [-0.05, 0) is 67.9 Å². The molecule has 38 heavy (non-hydrogen) atoms. The summed E-state index contributed by atoms with van der Waals surface area (Å²) in [6.07, 6.45) is 2.04. The van der Waals surface area contributed by atoms with Crippen LogP contribution in [0.5, 0.6) is 5.75 Å². The van der Waals surface area contributed by atoms with Gasteiger partial charge in [0.1, 0.15) is 11.6 Å². The summed E-state index contributed by atoms with van der Waals surface area (Å²) in [7, 11) is 1.66. The van der Waals surface area contributed by atoms with Crippen molar-refractivity contribution in [3.8, 4) is 17.3 Å². The number of ether oxygens (including phenoxy) is 1. The first-order chi connectivity index (χ1) is 18.5. The first-order valence-electron chi connectivity index (χ1n) is 12.6. The van der Waals surface area contributed by atoms with Crippen molar-refractivity contribution < 1.29 is 9.53 Å². The third kappa shape index (κ3) is 4.12. The predicted octanol–water partition coefficient (Wildman–Crippen LogP) is 6.43. The van der Waals surface area contributed by atoms with E-state index in [-0.39, 0.29) is 12.1 Å². The summed E-state index contributed by atoms with van der Waals surface area (Å²) < 4.78 is 9.68. The summed E-state index contributed by atoms with van der Waals surface area (Å²) in [5.74, 6) is 1.68. The average Bonchev–Trinajstić information content (AvgIpc) is 3.50. The lowest BCUT2D eigenvalue weighted by Crippen LogP contribution is -2.38. The molecule has 0 aliphatic carbocycles. The van der Waals surface area contributed by atoms with Gasteiger partial charge in [0.15, 0.2) is 0 Å². The van der Waals surface area contributed by atoms with Gasteiger partial charge in [0, 0.05) is 17.4 Å². The second-order valence-corrected chi connectivity index (χ2v) is 9.54. The number of para-hydroxylation sites is 1. The van der Waals surface area contributed by atoms with Crippen molar-refractivity contribution in [1.29, 1.82) is 0 Å². The van der Waals surface area contributed by atoms with Crippen LogP contribution in [-0.4, -0.2) is 32.4 Å². The number of carbonyl (C=O) groups is 1. The van der Waals surface area contributed by atoms with E-state index in [9.17, 15) is 4.79 Å². The van der Waals surface area contributed by atoms with Crippen LogP contribution < -0.4 is 10.1 Å². The van der Waals surface area contributed by atoms with E-state index >= 15 is 0 Å². The first-order valence-corrected chi connectivity index (χ1v) is 12.6.